The maximum absolute atomic E-state index is 12.9. The molecule has 3 atom stereocenters. The van der Waals surface area contributed by atoms with Gasteiger partial charge in [0, 0.05) is 5.41 Å². The second kappa shape index (κ2) is 9.94. The summed E-state index contributed by atoms with van der Waals surface area (Å²) in [6, 6.07) is 2.58. The molecule has 0 aliphatic heterocycles. The summed E-state index contributed by atoms with van der Waals surface area (Å²) in [5, 5.41) is 12.9. The molecule has 4 aliphatic rings. The van der Waals surface area contributed by atoms with E-state index in [1.807, 2.05) is 6.92 Å². The topological polar surface area (TPSA) is 20.2 Å². The van der Waals surface area contributed by atoms with E-state index in [9.17, 15) is 5.11 Å². The normalized spacial score (nSPS) is 32.1. The van der Waals surface area contributed by atoms with Gasteiger partial charge in [0.2, 0.25) is 0 Å². The maximum Gasteiger partial charge on any atom is 0.117 e. The lowest BCUT2D eigenvalue weighted by atomic mass is 9.45. The molecule has 0 spiro atoms. The fourth-order valence-electron chi connectivity index (χ4n) is 11.7. The lowest BCUT2D eigenvalue weighted by molar-refractivity contribution is -0.0539. The van der Waals surface area contributed by atoms with Crippen LogP contribution in [0.4, 0.5) is 0 Å². The average molecular weight is 581 g/mol. The van der Waals surface area contributed by atoms with E-state index < -0.39 is 5.60 Å². The summed E-state index contributed by atoms with van der Waals surface area (Å²) in [6.45, 7) is 41.9. The van der Waals surface area contributed by atoms with Gasteiger partial charge in [-0.05, 0) is 156 Å². The molecule has 5 rings (SSSR count). The predicted molar refractivity (Wildman–Crippen MR) is 186 cm³/mol. The van der Waals surface area contributed by atoms with Crippen LogP contribution in [0, 0.1) is 34.5 Å². The lowest BCUT2D eigenvalue weighted by Crippen LogP contribution is -2.58. The van der Waals surface area contributed by atoms with E-state index >= 15 is 0 Å². The van der Waals surface area contributed by atoms with Gasteiger partial charge in [0.05, 0.1) is 0 Å². The van der Waals surface area contributed by atoms with E-state index in [1.54, 1.807) is 0 Å². The quantitative estimate of drug-likeness (QED) is 0.375. The molecule has 234 valence electrons. The van der Waals surface area contributed by atoms with Crippen molar-refractivity contribution in [3.05, 3.63) is 87.1 Å². The molecule has 1 saturated carbocycles. The minimum Gasteiger partial charge on any atom is -0.380 e. The van der Waals surface area contributed by atoms with E-state index in [0.717, 1.165) is 53.5 Å². The second-order valence-corrected chi connectivity index (χ2v) is 18.0. The summed E-state index contributed by atoms with van der Waals surface area (Å²) in [5.74, 6) is 1.14. The molecular formula is C42H60O. The summed E-state index contributed by atoms with van der Waals surface area (Å²) in [4.78, 5) is 0. The Kier molecular flexibility index (Phi) is 7.46. The Morgan fingerprint density at radius 3 is 2.07 bits per heavy atom. The van der Waals surface area contributed by atoms with Gasteiger partial charge < -0.3 is 5.11 Å². The molecule has 43 heavy (non-hydrogen) atoms. The molecule has 1 aromatic carbocycles. The van der Waals surface area contributed by atoms with Crippen LogP contribution in [0.1, 0.15) is 142 Å². The minimum absolute atomic E-state index is 0.0918. The number of hydrogen-bond acceptors (Lipinski definition) is 1. The monoisotopic (exact) mass is 580 g/mol. The first-order chi connectivity index (χ1) is 19.6. The van der Waals surface area contributed by atoms with Crippen molar-refractivity contribution < 1.29 is 5.11 Å². The molecule has 0 heterocycles. The summed E-state index contributed by atoms with van der Waals surface area (Å²) in [6.07, 6.45) is 7.78. The van der Waals surface area contributed by atoms with Crippen molar-refractivity contribution in [1.82, 2.24) is 0 Å². The van der Waals surface area contributed by atoms with E-state index in [2.05, 4.69) is 95.4 Å². The Bertz CT molecular complexity index is 1490. The Morgan fingerprint density at radius 1 is 0.953 bits per heavy atom. The maximum atomic E-state index is 12.9. The van der Waals surface area contributed by atoms with E-state index in [0.29, 0.717) is 22.7 Å². The first kappa shape index (κ1) is 32.3. The summed E-state index contributed by atoms with van der Waals surface area (Å²) in [7, 11) is 0. The highest BCUT2D eigenvalue weighted by Crippen LogP contribution is 2.67. The van der Waals surface area contributed by atoms with Crippen molar-refractivity contribution in [1.29, 1.82) is 0 Å². The average Bonchev–Trinajstić information content (AvgIpc) is 2.80. The Labute approximate surface area is 264 Å². The SMILES string of the molecule is C=C(C)C1=C(C)C[C@@]2(C)C[C@@]3(C)Cc4c(C(C)C)cc(CC5CC(C)(C)CC(C)(C)C5)c(C)c4C(=C)C3=C(C)[C@@]2(O)C1=C. The molecule has 1 aromatic rings. The van der Waals surface area contributed by atoms with Gasteiger partial charge in [-0.15, -0.1) is 0 Å². The van der Waals surface area contributed by atoms with Crippen LogP contribution in [0.25, 0.3) is 5.57 Å². The van der Waals surface area contributed by atoms with Crippen LogP contribution in [0.15, 0.2) is 59.2 Å². The Morgan fingerprint density at radius 2 is 1.53 bits per heavy atom. The first-order valence-corrected chi connectivity index (χ1v) is 16.9. The summed E-state index contributed by atoms with van der Waals surface area (Å²) in [5.41, 5.74) is 14.2. The van der Waals surface area contributed by atoms with Crippen molar-refractivity contribution in [2.24, 2.45) is 27.6 Å². The smallest absolute Gasteiger partial charge is 0.117 e. The van der Waals surface area contributed by atoms with Crippen LogP contribution in [0.5, 0.6) is 0 Å². The third kappa shape index (κ3) is 4.83. The van der Waals surface area contributed by atoms with Crippen molar-refractivity contribution in [3.63, 3.8) is 0 Å². The van der Waals surface area contributed by atoms with Crippen molar-refractivity contribution >= 4 is 5.57 Å². The third-order valence-corrected chi connectivity index (χ3v) is 12.2. The van der Waals surface area contributed by atoms with Gasteiger partial charge in [-0.3, -0.25) is 0 Å². The zero-order valence-corrected chi connectivity index (χ0v) is 29.8. The first-order valence-electron chi connectivity index (χ1n) is 16.9. The molecule has 1 N–H and O–H groups in total. The van der Waals surface area contributed by atoms with Crippen molar-refractivity contribution in [2.75, 3.05) is 0 Å². The van der Waals surface area contributed by atoms with Gasteiger partial charge in [0.1, 0.15) is 5.60 Å². The molecule has 0 unspecified atom stereocenters. The van der Waals surface area contributed by atoms with Crippen LogP contribution in [0.2, 0.25) is 0 Å². The zero-order valence-electron chi connectivity index (χ0n) is 29.8. The second-order valence-electron chi connectivity index (χ2n) is 18.0. The third-order valence-electron chi connectivity index (χ3n) is 12.2. The van der Waals surface area contributed by atoms with Crippen LogP contribution in [-0.2, 0) is 12.8 Å². The van der Waals surface area contributed by atoms with Gasteiger partial charge in [0.15, 0.2) is 0 Å². The zero-order chi connectivity index (χ0) is 32.2. The number of fused-ring (bicyclic) bond motifs is 3. The molecule has 1 nitrogen and oxygen atoms in total. The summed E-state index contributed by atoms with van der Waals surface area (Å²) >= 11 is 0. The highest BCUT2D eigenvalue weighted by molar-refractivity contribution is 5.88. The number of aliphatic hydroxyl groups is 1. The van der Waals surface area contributed by atoms with Crippen molar-refractivity contribution in [2.45, 2.75) is 140 Å². The van der Waals surface area contributed by atoms with Gasteiger partial charge in [-0.1, -0.05) is 92.3 Å². The van der Waals surface area contributed by atoms with Gasteiger partial charge in [-0.2, -0.15) is 0 Å². The lowest BCUT2D eigenvalue weighted by Gasteiger charge is -2.61. The molecule has 0 amide bonds. The van der Waals surface area contributed by atoms with Gasteiger partial charge >= 0.3 is 0 Å². The number of hydrogen-bond donors (Lipinski definition) is 1. The largest absolute Gasteiger partial charge is 0.380 e. The molecule has 0 bridgehead atoms. The molecule has 1 fully saturated rings. The molecule has 0 radical (unpaired) electrons. The molecule has 0 saturated heterocycles. The highest BCUT2D eigenvalue weighted by Gasteiger charge is 2.61. The number of benzene rings is 1. The van der Waals surface area contributed by atoms with E-state index in [1.165, 1.54) is 58.2 Å². The fourth-order valence-corrected chi connectivity index (χ4v) is 11.7. The van der Waals surface area contributed by atoms with Crippen LogP contribution < -0.4 is 0 Å². The molecule has 4 aliphatic carbocycles. The van der Waals surface area contributed by atoms with Crippen LogP contribution in [0.3, 0.4) is 0 Å². The van der Waals surface area contributed by atoms with E-state index in [-0.39, 0.29) is 10.8 Å². The minimum atomic E-state index is -1.11. The standard InChI is InChI=1S/C42H60O/c1-24(2)33-17-32(16-31-19-38(10,11)22-39(12,13)20-31)27(6)36-28(7)37-30(9)42(43)29(8)35(25(3)4)26(5)18-41(42,15)23-40(37,14)21-34(33)36/h17,24,31,43H,3,7-8,16,18-23H2,1-2,4-6,9-15H3/t40-,41+,42+/m1/s1. The number of allylic oxidation sites excluding steroid dienone is 4. The molecular weight excluding hydrogens is 520 g/mol. The highest BCUT2D eigenvalue weighted by atomic mass is 16.3. The van der Waals surface area contributed by atoms with E-state index in [4.69, 9.17) is 6.58 Å². The van der Waals surface area contributed by atoms with Gasteiger partial charge in [-0.25, -0.2) is 0 Å². The van der Waals surface area contributed by atoms with Crippen molar-refractivity contribution in [3.8, 4) is 0 Å². The predicted octanol–water partition coefficient (Wildman–Crippen LogP) is 11.4. The summed E-state index contributed by atoms with van der Waals surface area (Å²) < 4.78 is 0. The van der Waals surface area contributed by atoms with Crippen LogP contribution in [-0.4, -0.2) is 10.7 Å². The number of rotatable bonds is 4. The van der Waals surface area contributed by atoms with Crippen LogP contribution >= 0.6 is 0 Å². The molecule has 0 aromatic heterocycles. The molecule has 1 heteroatoms. The Balaban J connectivity index is 1.68. The fraction of sp³-hybridized carbons (Fsp3) is 0.619. The van der Waals surface area contributed by atoms with Gasteiger partial charge in [0.25, 0.3) is 0 Å². The Hall–Kier alpha value is -2.12.